The van der Waals surface area contributed by atoms with Crippen molar-refractivity contribution < 1.29 is 9.21 Å². The van der Waals surface area contributed by atoms with Gasteiger partial charge in [0.15, 0.2) is 0 Å². The summed E-state index contributed by atoms with van der Waals surface area (Å²) in [4.78, 5) is 20.0. The van der Waals surface area contributed by atoms with Gasteiger partial charge in [0.2, 0.25) is 11.8 Å². The number of amides is 1. The van der Waals surface area contributed by atoms with E-state index in [0.717, 1.165) is 0 Å². The van der Waals surface area contributed by atoms with Gasteiger partial charge in [-0.3, -0.25) is 9.78 Å². The molecule has 0 saturated heterocycles. The summed E-state index contributed by atoms with van der Waals surface area (Å²) in [6.07, 6.45) is 4.44. The number of nitrogens with zero attached hydrogens (tertiary/aromatic N) is 4. The lowest BCUT2D eigenvalue weighted by molar-refractivity contribution is -0.115. The van der Waals surface area contributed by atoms with Crippen molar-refractivity contribution in [3.63, 3.8) is 0 Å². The van der Waals surface area contributed by atoms with Crippen molar-refractivity contribution in [3.05, 3.63) is 52.7 Å². The number of carbonyl (C=O) groups is 1. The van der Waals surface area contributed by atoms with Gasteiger partial charge < -0.3 is 9.73 Å². The van der Waals surface area contributed by atoms with E-state index in [1.807, 2.05) is 0 Å². The highest BCUT2D eigenvalue weighted by Gasteiger charge is 2.14. The summed E-state index contributed by atoms with van der Waals surface area (Å²) in [5, 5.41) is 11.1. The number of benzene rings is 1. The molecule has 0 atom stereocenters. The number of hydrogen-bond acceptors (Lipinski definition) is 6. The summed E-state index contributed by atoms with van der Waals surface area (Å²) in [7, 11) is 0. The summed E-state index contributed by atoms with van der Waals surface area (Å²) in [6, 6.07) is 4.78. The van der Waals surface area contributed by atoms with Crippen molar-refractivity contribution >= 4 is 34.8 Å². The summed E-state index contributed by atoms with van der Waals surface area (Å²) >= 11 is 11.8. The van der Waals surface area contributed by atoms with E-state index in [1.165, 1.54) is 24.7 Å². The van der Waals surface area contributed by atoms with Crippen LogP contribution >= 0.6 is 23.2 Å². The van der Waals surface area contributed by atoms with Crippen LogP contribution in [-0.4, -0.2) is 26.1 Å². The third-order valence-corrected chi connectivity index (χ3v) is 3.31. The predicted molar refractivity (Wildman–Crippen MR) is 84.1 cm³/mol. The molecule has 2 aromatic heterocycles. The van der Waals surface area contributed by atoms with Crippen LogP contribution in [0.3, 0.4) is 0 Å². The number of carbonyl (C=O) groups excluding carboxylic acids is 1. The molecule has 0 saturated carbocycles. The van der Waals surface area contributed by atoms with Crippen molar-refractivity contribution in [2.45, 2.75) is 6.42 Å². The van der Waals surface area contributed by atoms with Crippen LogP contribution in [0.15, 0.2) is 41.2 Å². The molecule has 0 aliphatic carbocycles. The summed E-state index contributed by atoms with van der Waals surface area (Å²) < 4.78 is 5.39. The zero-order valence-corrected chi connectivity index (χ0v) is 13.0. The van der Waals surface area contributed by atoms with E-state index in [0.29, 0.717) is 21.4 Å². The molecule has 23 heavy (non-hydrogen) atoms. The Balaban J connectivity index is 1.68. The van der Waals surface area contributed by atoms with E-state index >= 15 is 0 Å². The van der Waals surface area contributed by atoms with Crippen molar-refractivity contribution in [1.82, 2.24) is 20.2 Å². The zero-order valence-electron chi connectivity index (χ0n) is 11.5. The van der Waals surface area contributed by atoms with Crippen molar-refractivity contribution in [2.75, 3.05) is 5.32 Å². The Morgan fingerprint density at radius 1 is 1.22 bits per heavy atom. The van der Waals surface area contributed by atoms with E-state index in [4.69, 9.17) is 27.6 Å². The lowest BCUT2D eigenvalue weighted by Crippen LogP contribution is -2.14. The van der Waals surface area contributed by atoms with E-state index in [9.17, 15) is 4.79 Å². The number of halogens is 2. The van der Waals surface area contributed by atoms with Crippen LogP contribution in [0.25, 0.3) is 11.6 Å². The second kappa shape index (κ2) is 6.72. The maximum atomic E-state index is 12.0. The maximum absolute atomic E-state index is 12.0. The Kier molecular flexibility index (Phi) is 4.50. The van der Waals surface area contributed by atoms with Crippen molar-refractivity contribution in [1.29, 1.82) is 0 Å². The minimum absolute atomic E-state index is 0.0911. The fourth-order valence-corrected chi connectivity index (χ4v) is 2.22. The Bertz CT molecular complexity index is 838. The third-order valence-electron chi connectivity index (χ3n) is 2.77. The minimum Gasteiger partial charge on any atom is -0.419 e. The molecule has 0 aliphatic heterocycles. The first-order chi connectivity index (χ1) is 11.1. The highest BCUT2D eigenvalue weighted by molar-refractivity contribution is 6.36. The predicted octanol–water partition coefficient (Wildman–Crippen LogP) is 3.01. The first-order valence-electron chi connectivity index (χ1n) is 6.45. The molecule has 7 nitrogen and oxygen atoms in total. The van der Waals surface area contributed by atoms with Crippen molar-refractivity contribution in [2.24, 2.45) is 0 Å². The second-order valence-electron chi connectivity index (χ2n) is 4.44. The summed E-state index contributed by atoms with van der Waals surface area (Å²) in [5.74, 6) is 0.0160. The van der Waals surface area contributed by atoms with Gasteiger partial charge in [-0.05, 0) is 18.2 Å². The first-order valence-corrected chi connectivity index (χ1v) is 7.21. The molecule has 9 heteroatoms. The Morgan fingerprint density at radius 2 is 2.09 bits per heavy atom. The van der Waals surface area contributed by atoms with E-state index < -0.39 is 0 Å². The lowest BCUT2D eigenvalue weighted by atomic mass is 10.3. The molecular formula is C14H9Cl2N5O2. The number of aromatic nitrogens is 4. The molecule has 0 unspecified atom stereocenters. The second-order valence-corrected chi connectivity index (χ2v) is 5.28. The smallest absolute Gasteiger partial charge is 0.267 e. The van der Waals surface area contributed by atoms with E-state index in [-0.39, 0.29) is 24.1 Å². The minimum atomic E-state index is -0.344. The molecule has 2 heterocycles. The number of hydrogen-bond donors (Lipinski definition) is 1. The van der Waals surface area contributed by atoms with Crippen LogP contribution in [-0.2, 0) is 11.2 Å². The molecule has 0 aliphatic rings. The standard InChI is InChI=1S/C14H9Cl2N5O2/c15-8-1-2-10(9(16)5-8)19-12(22)6-13-20-21-14(23-13)11-7-17-3-4-18-11/h1-5,7H,6H2,(H,19,22). The van der Waals surface area contributed by atoms with Crippen LogP contribution in [0, 0.1) is 0 Å². The van der Waals surface area contributed by atoms with E-state index in [1.54, 1.807) is 12.1 Å². The molecule has 0 spiro atoms. The van der Waals surface area contributed by atoms with Crippen LogP contribution in [0.5, 0.6) is 0 Å². The Labute approximate surface area is 140 Å². The van der Waals surface area contributed by atoms with Gasteiger partial charge in [-0.15, -0.1) is 10.2 Å². The summed E-state index contributed by atoms with van der Waals surface area (Å²) in [6.45, 7) is 0. The molecule has 1 N–H and O–H groups in total. The highest BCUT2D eigenvalue weighted by atomic mass is 35.5. The summed E-state index contributed by atoms with van der Waals surface area (Å²) in [5.41, 5.74) is 0.891. The number of anilines is 1. The number of nitrogens with one attached hydrogen (secondary N) is 1. The van der Waals surface area contributed by atoms with Gasteiger partial charge in [-0.1, -0.05) is 23.2 Å². The molecule has 1 aromatic carbocycles. The van der Waals surface area contributed by atoms with Gasteiger partial charge in [-0.2, -0.15) is 0 Å². The van der Waals surface area contributed by atoms with Gasteiger partial charge in [-0.25, -0.2) is 4.98 Å². The SMILES string of the molecule is O=C(Cc1nnc(-c2cnccn2)o1)Nc1ccc(Cl)cc1Cl. The maximum Gasteiger partial charge on any atom is 0.267 e. The molecule has 3 rings (SSSR count). The highest BCUT2D eigenvalue weighted by Crippen LogP contribution is 2.25. The molecule has 116 valence electrons. The number of rotatable bonds is 4. The van der Waals surface area contributed by atoms with Gasteiger partial charge >= 0.3 is 0 Å². The van der Waals surface area contributed by atoms with Crippen LogP contribution in [0.1, 0.15) is 5.89 Å². The zero-order chi connectivity index (χ0) is 16.2. The molecule has 3 aromatic rings. The van der Waals surface area contributed by atoms with E-state index in [2.05, 4.69) is 25.5 Å². The molecular weight excluding hydrogens is 341 g/mol. The van der Waals surface area contributed by atoms with Gasteiger partial charge in [0.25, 0.3) is 5.89 Å². The Hall–Kier alpha value is -2.51. The van der Waals surface area contributed by atoms with Crippen LogP contribution in [0.2, 0.25) is 10.0 Å². The fraction of sp³-hybridized carbons (Fsp3) is 0.0714. The average Bonchev–Trinajstić information content (AvgIpc) is 2.99. The lowest BCUT2D eigenvalue weighted by Gasteiger charge is -2.05. The molecule has 0 radical (unpaired) electrons. The molecule has 0 bridgehead atoms. The van der Waals surface area contributed by atoms with Gasteiger partial charge in [0.1, 0.15) is 12.1 Å². The Morgan fingerprint density at radius 3 is 2.83 bits per heavy atom. The average molecular weight is 350 g/mol. The van der Waals surface area contributed by atoms with Crippen molar-refractivity contribution in [3.8, 4) is 11.6 Å². The van der Waals surface area contributed by atoms with Gasteiger partial charge in [0.05, 0.1) is 16.9 Å². The van der Waals surface area contributed by atoms with Crippen LogP contribution < -0.4 is 5.32 Å². The first kappa shape index (κ1) is 15.4. The quantitative estimate of drug-likeness (QED) is 0.777. The fourth-order valence-electron chi connectivity index (χ4n) is 1.76. The van der Waals surface area contributed by atoms with Crippen LogP contribution in [0.4, 0.5) is 5.69 Å². The molecule has 1 amide bonds. The monoisotopic (exact) mass is 349 g/mol. The topological polar surface area (TPSA) is 93.8 Å². The third kappa shape index (κ3) is 3.82. The van der Waals surface area contributed by atoms with Gasteiger partial charge in [0, 0.05) is 17.4 Å². The normalized spacial score (nSPS) is 10.5. The largest absolute Gasteiger partial charge is 0.419 e. The molecule has 0 fully saturated rings.